The van der Waals surface area contributed by atoms with Gasteiger partial charge in [0.05, 0.1) is 13.2 Å². The summed E-state index contributed by atoms with van der Waals surface area (Å²) in [4.78, 5) is 14.0. The highest BCUT2D eigenvalue weighted by Crippen LogP contribution is 2.21. The van der Waals surface area contributed by atoms with Crippen molar-refractivity contribution in [3.63, 3.8) is 0 Å². The smallest absolute Gasteiger partial charge is 0.207 e. The van der Waals surface area contributed by atoms with Gasteiger partial charge < -0.3 is 14.5 Å². The van der Waals surface area contributed by atoms with Gasteiger partial charge in [-0.1, -0.05) is 0 Å². The Labute approximate surface area is 149 Å². The fraction of sp³-hybridized carbons (Fsp3) is 0.600. The maximum absolute atomic E-state index is 5.51. The SMILES string of the molecule is CCOCCn1c(N2CCN(C)CC2)nc2cccnc21.Cl.Cl. The Kier molecular flexibility index (Phi) is 8.05. The highest BCUT2D eigenvalue weighted by Gasteiger charge is 2.21. The minimum atomic E-state index is 0. The zero-order valence-corrected chi connectivity index (χ0v) is 15.3. The Balaban J connectivity index is 0.00000132. The van der Waals surface area contributed by atoms with E-state index in [-0.39, 0.29) is 24.8 Å². The Morgan fingerprint density at radius 1 is 1.17 bits per heavy atom. The summed E-state index contributed by atoms with van der Waals surface area (Å²) in [6.07, 6.45) is 1.83. The molecule has 23 heavy (non-hydrogen) atoms. The molecule has 1 aliphatic heterocycles. The molecule has 8 heteroatoms. The number of imidazole rings is 1. The molecule has 130 valence electrons. The molecule has 0 N–H and O–H groups in total. The second-order valence-electron chi connectivity index (χ2n) is 5.40. The summed E-state index contributed by atoms with van der Waals surface area (Å²) in [5, 5.41) is 0. The molecular formula is C15H25Cl2N5O. The highest BCUT2D eigenvalue weighted by molar-refractivity contribution is 5.85. The molecule has 6 nitrogen and oxygen atoms in total. The van der Waals surface area contributed by atoms with Gasteiger partial charge >= 0.3 is 0 Å². The van der Waals surface area contributed by atoms with Gasteiger partial charge in [0.15, 0.2) is 5.65 Å². The van der Waals surface area contributed by atoms with Crippen molar-refractivity contribution in [1.82, 2.24) is 19.4 Å². The third-order valence-electron chi connectivity index (χ3n) is 3.93. The molecule has 0 atom stereocenters. The summed E-state index contributed by atoms with van der Waals surface area (Å²) in [7, 11) is 2.16. The normalized spacial score (nSPS) is 15.3. The van der Waals surface area contributed by atoms with Crippen molar-refractivity contribution < 1.29 is 4.74 Å². The number of fused-ring (bicyclic) bond motifs is 1. The van der Waals surface area contributed by atoms with E-state index in [1.54, 1.807) is 0 Å². The van der Waals surface area contributed by atoms with Crippen molar-refractivity contribution in [3.05, 3.63) is 18.3 Å². The molecule has 0 spiro atoms. The number of halogens is 2. The van der Waals surface area contributed by atoms with Crippen molar-refractivity contribution in [1.29, 1.82) is 0 Å². The third-order valence-corrected chi connectivity index (χ3v) is 3.93. The van der Waals surface area contributed by atoms with E-state index in [4.69, 9.17) is 9.72 Å². The first-order chi connectivity index (χ1) is 10.3. The van der Waals surface area contributed by atoms with E-state index in [2.05, 4.69) is 26.4 Å². The molecule has 3 rings (SSSR count). The van der Waals surface area contributed by atoms with Crippen LogP contribution in [0.15, 0.2) is 18.3 Å². The van der Waals surface area contributed by atoms with E-state index in [0.717, 1.165) is 56.4 Å². The predicted octanol–water partition coefficient (Wildman–Crippen LogP) is 2.06. The van der Waals surface area contributed by atoms with Crippen LogP contribution in [0.2, 0.25) is 0 Å². The van der Waals surface area contributed by atoms with Crippen LogP contribution in [-0.2, 0) is 11.3 Å². The first kappa shape index (κ1) is 20.0. The Hall–Kier alpha value is -1.08. The zero-order valence-electron chi connectivity index (χ0n) is 13.6. The van der Waals surface area contributed by atoms with Gasteiger partial charge in [0.2, 0.25) is 5.95 Å². The molecule has 0 aromatic carbocycles. The number of hydrogen-bond acceptors (Lipinski definition) is 5. The standard InChI is InChI=1S/C15H23N5O.2ClH/c1-3-21-12-11-20-14-13(5-4-6-16-14)17-15(20)19-9-7-18(2)8-10-19;;/h4-6H,3,7-12H2,1-2H3;2*1H. The predicted molar refractivity (Wildman–Crippen MR) is 98.2 cm³/mol. The Bertz CT molecular complexity index is 599. The third kappa shape index (κ3) is 4.47. The lowest BCUT2D eigenvalue weighted by Gasteiger charge is -2.33. The molecule has 0 unspecified atom stereocenters. The number of nitrogens with zero attached hydrogens (tertiary/aromatic N) is 5. The molecule has 0 bridgehead atoms. The molecule has 0 radical (unpaired) electrons. The fourth-order valence-corrected chi connectivity index (χ4v) is 2.70. The monoisotopic (exact) mass is 361 g/mol. The minimum Gasteiger partial charge on any atom is -0.380 e. The maximum atomic E-state index is 5.51. The largest absolute Gasteiger partial charge is 0.380 e. The van der Waals surface area contributed by atoms with E-state index < -0.39 is 0 Å². The van der Waals surface area contributed by atoms with E-state index in [0.29, 0.717) is 6.61 Å². The van der Waals surface area contributed by atoms with E-state index >= 15 is 0 Å². The summed E-state index contributed by atoms with van der Waals surface area (Å²) in [6, 6.07) is 3.97. The summed E-state index contributed by atoms with van der Waals surface area (Å²) in [5.74, 6) is 1.02. The van der Waals surface area contributed by atoms with E-state index in [1.807, 2.05) is 25.3 Å². The van der Waals surface area contributed by atoms with E-state index in [1.165, 1.54) is 0 Å². The van der Waals surface area contributed by atoms with Gasteiger partial charge in [0.1, 0.15) is 5.52 Å². The minimum absolute atomic E-state index is 0. The number of anilines is 1. The molecule has 1 aliphatic rings. The van der Waals surface area contributed by atoms with Crippen molar-refractivity contribution in [2.75, 3.05) is 51.3 Å². The van der Waals surface area contributed by atoms with Crippen LogP contribution in [0.4, 0.5) is 5.95 Å². The van der Waals surface area contributed by atoms with Crippen molar-refractivity contribution >= 4 is 41.9 Å². The first-order valence-electron chi connectivity index (χ1n) is 7.62. The van der Waals surface area contributed by atoms with Gasteiger partial charge in [0, 0.05) is 39.0 Å². The maximum Gasteiger partial charge on any atom is 0.207 e. The molecule has 1 fully saturated rings. The number of aromatic nitrogens is 3. The fourth-order valence-electron chi connectivity index (χ4n) is 2.70. The van der Waals surface area contributed by atoms with Crippen molar-refractivity contribution in [2.24, 2.45) is 0 Å². The van der Waals surface area contributed by atoms with Crippen LogP contribution in [0.3, 0.4) is 0 Å². The summed E-state index contributed by atoms with van der Waals surface area (Å²) in [6.45, 7) is 8.41. The average molecular weight is 362 g/mol. The summed E-state index contributed by atoms with van der Waals surface area (Å²) < 4.78 is 7.70. The van der Waals surface area contributed by atoms with Crippen LogP contribution in [0, 0.1) is 0 Å². The van der Waals surface area contributed by atoms with Crippen molar-refractivity contribution in [3.8, 4) is 0 Å². The molecule has 2 aromatic rings. The quantitative estimate of drug-likeness (QED) is 0.762. The van der Waals surface area contributed by atoms with Gasteiger partial charge in [-0.3, -0.25) is 4.57 Å². The van der Waals surface area contributed by atoms with Crippen LogP contribution in [0.25, 0.3) is 11.2 Å². The van der Waals surface area contributed by atoms with Crippen LogP contribution in [0.1, 0.15) is 6.92 Å². The van der Waals surface area contributed by atoms with Gasteiger partial charge in [0.25, 0.3) is 0 Å². The summed E-state index contributed by atoms with van der Waals surface area (Å²) >= 11 is 0. The number of likely N-dealkylation sites (N-methyl/N-ethyl adjacent to an activating group) is 1. The lowest BCUT2D eigenvalue weighted by molar-refractivity contribution is 0.139. The number of hydrogen-bond donors (Lipinski definition) is 0. The summed E-state index contributed by atoms with van der Waals surface area (Å²) in [5.41, 5.74) is 1.91. The molecule has 0 aliphatic carbocycles. The first-order valence-corrected chi connectivity index (χ1v) is 7.62. The van der Waals surface area contributed by atoms with Crippen LogP contribution in [0.5, 0.6) is 0 Å². The lowest BCUT2D eigenvalue weighted by Crippen LogP contribution is -2.45. The van der Waals surface area contributed by atoms with Gasteiger partial charge in [-0.15, -0.1) is 24.8 Å². The van der Waals surface area contributed by atoms with Crippen molar-refractivity contribution in [2.45, 2.75) is 13.5 Å². The molecular weight excluding hydrogens is 337 g/mol. The molecule has 2 aromatic heterocycles. The van der Waals surface area contributed by atoms with Crippen LogP contribution < -0.4 is 4.90 Å². The number of piperazine rings is 1. The molecule has 0 amide bonds. The molecule has 0 saturated carbocycles. The average Bonchev–Trinajstić information content (AvgIpc) is 2.87. The molecule has 1 saturated heterocycles. The zero-order chi connectivity index (χ0) is 14.7. The van der Waals surface area contributed by atoms with Gasteiger partial charge in [-0.2, -0.15) is 0 Å². The number of pyridine rings is 1. The second kappa shape index (κ2) is 9.27. The Morgan fingerprint density at radius 3 is 2.61 bits per heavy atom. The Morgan fingerprint density at radius 2 is 1.91 bits per heavy atom. The number of rotatable bonds is 5. The topological polar surface area (TPSA) is 46.4 Å². The van der Waals surface area contributed by atoms with Gasteiger partial charge in [-0.05, 0) is 26.1 Å². The van der Waals surface area contributed by atoms with Crippen LogP contribution >= 0.6 is 24.8 Å². The lowest BCUT2D eigenvalue weighted by atomic mass is 10.3. The highest BCUT2D eigenvalue weighted by atomic mass is 35.5. The van der Waals surface area contributed by atoms with Gasteiger partial charge in [-0.25, -0.2) is 9.97 Å². The van der Waals surface area contributed by atoms with Crippen LogP contribution in [-0.4, -0.2) is 65.9 Å². The molecule has 3 heterocycles. The second-order valence-corrected chi connectivity index (χ2v) is 5.40. The number of ether oxygens (including phenoxy) is 1. The van der Waals surface area contributed by atoms with E-state index in [9.17, 15) is 0 Å².